The third-order valence-corrected chi connectivity index (χ3v) is 6.72. The normalized spacial score (nSPS) is 10.8. The summed E-state index contributed by atoms with van der Waals surface area (Å²) in [4.78, 5) is 16.8. The third-order valence-electron chi connectivity index (χ3n) is 3.61. The Morgan fingerprint density at radius 3 is 2.73 bits per heavy atom. The number of aromatic nitrogens is 3. The third kappa shape index (κ3) is 5.36. The summed E-state index contributed by atoms with van der Waals surface area (Å²) in [6.45, 7) is 4.14. The summed E-state index contributed by atoms with van der Waals surface area (Å²) in [5.41, 5.74) is 2.84. The molecule has 3 rings (SSSR count). The molecule has 0 fully saturated rings. The lowest BCUT2D eigenvalue weighted by Gasteiger charge is -2.03. The van der Waals surface area contributed by atoms with E-state index in [1.807, 2.05) is 31.2 Å². The van der Waals surface area contributed by atoms with E-state index in [-0.39, 0.29) is 5.91 Å². The number of aryl methyl sites for hydroxylation is 2. The first kappa shape index (κ1) is 19.0. The number of rotatable bonds is 8. The maximum absolute atomic E-state index is 12.3. The van der Waals surface area contributed by atoms with Crippen LogP contribution in [-0.4, -0.2) is 21.1 Å². The van der Waals surface area contributed by atoms with Crippen LogP contribution in [-0.2, 0) is 12.2 Å². The van der Waals surface area contributed by atoms with Crippen LogP contribution in [0.15, 0.2) is 34.0 Å². The monoisotopic (exact) mass is 404 g/mol. The molecule has 1 N–H and O–H groups in total. The highest BCUT2D eigenvalue weighted by Gasteiger charge is 2.10. The molecule has 1 aromatic carbocycles. The zero-order valence-electron chi connectivity index (χ0n) is 14.7. The highest BCUT2D eigenvalue weighted by atomic mass is 32.2. The van der Waals surface area contributed by atoms with Crippen molar-refractivity contribution in [1.29, 1.82) is 0 Å². The standard InChI is InChI=1S/C18H20N4OS3/c1-3-4-5-15-21-22-17(26-15)20-16(23)14-8-6-13(7-9-14)11-25-18-19-12(2)10-24-18/h6-10H,3-5,11H2,1-2H3,(H,20,22,23). The second-order valence-corrected chi connectivity index (χ2v) is 8.94. The maximum atomic E-state index is 12.3. The quantitative estimate of drug-likeness (QED) is 0.523. The number of benzene rings is 1. The molecule has 136 valence electrons. The summed E-state index contributed by atoms with van der Waals surface area (Å²) in [6, 6.07) is 7.65. The Kier molecular flexibility index (Phi) is 6.76. The molecule has 26 heavy (non-hydrogen) atoms. The fourth-order valence-corrected chi connectivity index (χ4v) is 4.78. The maximum Gasteiger partial charge on any atom is 0.257 e. The predicted molar refractivity (Wildman–Crippen MR) is 109 cm³/mol. The van der Waals surface area contributed by atoms with Gasteiger partial charge >= 0.3 is 0 Å². The van der Waals surface area contributed by atoms with Crippen LogP contribution in [0.2, 0.25) is 0 Å². The molecule has 1 amide bonds. The Bertz CT molecular complexity index is 857. The zero-order valence-corrected chi connectivity index (χ0v) is 17.1. The zero-order chi connectivity index (χ0) is 18.4. The van der Waals surface area contributed by atoms with Gasteiger partial charge < -0.3 is 0 Å². The van der Waals surface area contributed by atoms with E-state index in [1.165, 1.54) is 11.3 Å². The summed E-state index contributed by atoms with van der Waals surface area (Å²) in [5.74, 6) is 0.685. The summed E-state index contributed by atoms with van der Waals surface area (Å²) in [7, 11) is 0. The van der Waals surface area contributed by atoms with E-state index in [4.69, 9.17) is 0 Å². The SMILES string of the molecule is CCCCc1nnc(NC(=O)c2ccc(CSc3nc(C)cs3)cc2)s1. The number of thiazole rings is 1. The van der Waals surface area contributed by atoms with E-state index in [9.17, 15) is 4.79 Å². The highest BCUT2D eigenvalue weighted by molar-refractivity contribution is 8.00. The number of unbranched alkanes of at least 4 members (excludes halogenated alkanes) is 1. The molecule has 0 saturated carbocycles. The van der Waals surface area contributed by atoms with Crippen molar-refractivity contribution in [2.45, 2.75) is 43.2 Å². The van der Waals surface area contributed by atoms with Crippen LogP contribution < -0.4 is 5.32 Å². The first-order valence-corrected chi connectivity index (χ1v) is 11.1. The number of nitrogens with zero attached hydrogens (tertiary/aromatic N) is 3. The summed E-state index contributed by atoms with van der Waals surface area (Å²) < 4.78 is 1.07. The highest BCUT2D eigenvalue weighted by Crippen LogP contribution is 2.26. The lowest BCUT2D eigenvalue weighted by molar-refractivity contribution is 0.102. The Morgan fingerprint density at radius 1 is 1.23 bits per heavy atom. The van der Waals surface area contributed by atoms with Crippen LogP contribution in [0.5, 0.6) is 0 Å². The number of carbonyl (C=O) groups excluding carboxylic acids is 1. The summed E-state index contributed by atoms with van der Waals surface area (Å²) in [6.07, 6.45) is 3.12. The van der Waals surface area contributed by atoms with Crippen molar-refractivity contribution in [3.05, 3.63) is 51.5 Å². The first-order chi connectivity index (χ1) is 12.6. The van der Waals surface area contributed by atoms with Crippen LogP contribution >= 0.6 is 34.4 Å². The molecule has 0 unspecified atom stereocenters. The molecule has 8 heteroatoms. The van der Waals surface area contributed by atoms with Gasteiger partial charge in [0.25, 0.3) is 5.91 Å². The van der Waals surface area contributed by atoms with Crippen LogP contribution in [0, 0.1) is 6.92 Å². The van der Waals surface area contributed by atoms with Gasteiger partial charge in [-0.25, -0.2) is 4.98 Å². The molecular formula is C18H20N4OS3. The number of carbonyl (C=O) groups is 1. The number of nitrogens with one attached hydrogen (secondary N) is 1. The van der Waals surface area contributed by atoms with Crippen molar-refractivity contribution < 1.29 is 4.79 Å². The van der Waals surface area contributed by atoms with E-state index in [2.05, 4.69) is 32.8 Å². The van der Waals surface area contributed by atoms with Crippen molar-refractivity contribution in [2.75, 3.05) is 5.32 Å². The Morgan fingerprint density at radius 2 is 2.04 bits per heavy atom. The van der Waals surface area contributed by atoms with Crippen LogP contribution in [0.3, 0.4) is 0 Å². The number of thioether (sulfide) groups is 1. The molecule has 0 bridgehead atoms. The molecule has 2 heterocycles. The van der Waals surface area contributed by atoms with Gasteiger partial charge in [-0.3, -0.25) is 10.1 Å². The number of hydrogen-bond donors (Lipinski definition) is 1. The van der Waals surface area contributed by atoms with Gasteiger partial charge in [0.15, 0.2) is 0 Å². The molecular weight excluding hydrogens is 384 g/mol. The second kappa shape index (κ2) is 9.25. The van der Waals surface area contributed by atoms with Gasteiger partial charge in [0.2, 0.25) is 5.13 Å². The van der Waals surface area contributed by atoms with Crippen LogP contribution in [0.1, 0.15) is 46.4 Å². The van der Waals surface area contributed by atoms with Gasteiger partial charge in [-0.1, -0.05) is 48.6 Å². The van der Waals surface area contributed by atoms with E-state index in [0.717, 1.165) is 45.6 Å². The largest absolute Gasteiger partial charge is 0.296 e. The van der Waals surface area contributed by atoms with Gasteiger partial charge in [-0.2, -0.15) is 0 Å². The van der Waals surface area contributed by atoms with E-state index < -0.39 is 0 Å². The Hall–Kier alpha value is -1.77. The number of anilines is 1. The first-order valence-electron chi connectivity index (χ1n) is 8.41. The van der Waals surface area contributed by atoms with E-state index >= 15 is 0 Å². The summed E-state index contributed by atoms with van der Waals surface area (Å²) in [5, 5.41) is 14.6. The van der Waals surface area contributed by atoms with Gasteiger partial charge in [-0.15, -0.1) is 21.5 Å². The van der Waals surface area contributed by atoms with Crippen molar-refractivity contribution in [2.24, 2.45) is 0 Å². The minimum absolute atomic E-state index is 0.155. The Labute approximate surface area is 165 Å². The minimum atomic E-state index is -0.155. The predicted octanol–water partition coefficient (Wildman–Crippen LogP) is 5.19. The average Bonchev–Trinajstić information content (AvgIpc) is 3.27. The lowest BCUT2D eigenvalue weighted by Crippen LogP contribution is -2.11. The van der Waals surface area contributed by atoms with Crippen molar-refractivity contribution >= 4 is 45.5 Å². The topological polar surface area (TPSA) is 67.8 Å². The number of amides is 1. The number of hydrogen-bond acceptors (Lipinski definition) is 7. The van der Waals surface area contributed by atoms with E-state index in [1.54, 1.807) is 23.1 Å². The molecule has 0 aliphatic carbocycles. The van der Waals surface area contributed by atoms with E-state index in [0.29, 0.717) is 10.7 Å². The molecule has 0 radical (unpaired) electrons. The fraction of sp³-hybridized carbons (Fsp3) is 0.333. The van der Waals surface area contributed by atoms with Crippen molar-refractivity contribution in [3.8, 4) is 0 Å². The van der Waals surface area contributed by atoms with Crippen molar-refractivity contribution in [1.82, 2.24) is 15.2 Å². The molecule has 0 saturated heterocycles. The molecule has 3 aromatic rings. The summed E-state index contributed by atoms with van der Waals surface area (Å²) >= 11 is 4.81. The van der Waals surface area contributed by atoms with Gasteiger partial charge in [0.05, 0.1) is 0 Å². The molecule has 0 atom stereocenters. The average molecular weight is 405 g/mol. The van der Waals surface area contributed by atoms with Crippen molar-refractivity contribution in [3.63, 3.8) is 0 Å². The smallest absolute Gasteiger partial charge is 0.257 e. The Balaban J connectivity index is 1.53. The minimum Gasteiger partial charge on any atom is -0.296 e. The van der Waals surface area contributed by atoms with Gasteiger partial charge in [-0.05, 0) is 31.0 Å². The fourth-order valence-electron chi connectivity index (χ4n) is 2.20. The molecule has 2 aromatic heterocycles. The molecule has 0 spiro atoms. The van der Waals surface area contributed by atoms with Gasteiger partial charge in [0.1, 0.15) is 9.35 Å². The van der Waals surface area contributed by atoms with Crippen LogP contribution in [0.25, 0.3) is 0 Å². The molecule has 0 aliphatic heterocycles. The lowest BCUT2D eigenvalue weighted by atomic mass is 10.1. The second-order valence-electron chi connectivity index (χ2n) is 5.80. The van der Waals surface area contributed by atoms with Crippen LogP contribution in [0.4, 0.5) is 5.13 Å². The molecule has 0 aliphatic rings. The molecule has 5 nitrogen and oxygen atoms in total. The van der Waals surface area contributed by atoms with Gasteiger partial charge in [0, 0.05) is 28.8 Å².